The third-order valence-electron chi connectivity index (χ3n) is 0. The van der Waals surface area contributed by atoms with Gasteiger partial charge in [0.15, 0.2) is 0 Å². The number of hydrogen-bond donors (Lipinski definition) is 0. The number of rotatable bonds is 0. The number of halogens is 3. The fourth-order valence-electron chi connectivity index (χ4n) is 0. The Hall–Kier alpha value is 1.82. The van der Waals surface area contributed by atoms with Gasteiger partial charge in [0.1, 0.15) is 0 Å². The van der Waals surface area contributed by atoms with Crippen molar-refractivity contribution in [3.05, 3.63) is 0 Å². The summed E-state index contributed by atoms with van der Waals surface area (Å²) in [7, 11) is 14.5. The molecule has 0 aliphatic rings. The fraction of sp³-hybridized carbons (Fsp3) is 0. The van der Waals surface area contributed by atoms with Gasteiger partial charge < -0.3 is 0 Å². The Kier molecular flexibility index (Phi) is 11.6. The quantitative estimate of drug-likeness (QED) is 0.418. The Morgan fingerprint density at radius 1 is 1.00 bits per heavy atom. The van der Waals surface area contributed by atoms with Gasteiger partial charge in [0.25, 0.3) is 0 Å². The molecule has 0 bridgehead atoms. The van der Waals surface area contributed by atoms with E-state index in [9.17, 15) is 0 Å². The van der Waals surface area contributed by atoms with Crippen molar-refractivity contribution in [1.29, 1.82) is 0 Å². The Morgan fingerprint density at radius 3 is 1.00 bits per heavy atom. The molecule has 0 N–H and O–H groups in total. The molecule has 0 nitrogen and oxygen atoms in total. The first-order valence-electron chi connectivity index (χ1n) is 0.342. The van der Waals surface area contributed by atoms with Crippen molar-refractivity contribution < 1.29 is 11.2 Å². The van der Waals surface area contributed by atoms with E-state index in [0.29, 0.717) is 0 Å². The SMILES string of the molecule is [Cl][Cu-]([Cl])[Cl].[PH4+]. The Balaban J connectivity index is 0. The molecule has 0 heterocycles. The van der Waals surface area contributed by atoms with Crippen LogP contribution in [0.5, 0.6) is 0 Å². The predicted molar refractivity (Wildman–Crippen MR) is 30.1 cm³/mol. The van der Waals surface area contributed by atoms with E-state index < -0.39 is 11.2 Å². The van der Waals surface area contributed by atoms with Crippen molar-refractivity contribution in [1.82, 2.24) is 0 Å². The summed E-state index contributed by atoms with van der Waals surface area (Å²) < 4.78 is 0. The Labute approximate surface area is 51.3 Å². The molecule has 0 radical (unpaired) electrons. The van der Waals surface area contributed by atoms with Gasteiger partial charge >= 0.3 is 41.5 Å². The van der Waals surface area contributed by atoms with E-state index in [4.69, 9.17) is 30.3 Å². The second kappa shape index (κ2) is 5.82. The van der Waals surface area contributed by atoms with Gasteiger partial charge in [0.05, 0.1) is 0 Å². The van der Waals surface area contributed by atoms with Gasteiger partial charge in [-0.25, -0.2) is 0 Å². The second-order valence-electron chi connectivity index (χ2n) is 0.129. The molecule has 1 unspecified atom stereocenters. The van der Waals surface area contributed by atoms with Crippen LogP contribution in [0.1, 0.15) is 0 Å². The monoisotopic (exact) mass is 203 g/mol. The minimum atomic E-state index is -0.896. The summed E-state index contributed by atoms with van der Waals surface area (Å²) in [4.78, 5) is 0. The van der Waals surface area contributed by atoms with E-state index in [2.05, 4.69) is 0 Å². The van der Waals surface area contributed by atoms with Crippen molar-refractivity contribution in [2.45, 2.75) is 0 Å². The third kappa shape index (κ3) is 25.6. The molecule has 41 valence electrons. The minimum absolute atomic E-state index is 0. The molecule has 0 amide bonds. The van der Waals surface area contributed by atoms with Gasteiger partial charge in [0, 0.05) is 0 Å². The first kappa shape index (κ1) is 9.94. The van der Waals surface area contributed by atoms with Crippen LogP contribution in [0.2, 0.25) is 0 Å². The van der Waals surface area contributed by atoms with Crippen LogP contribution in [0, 0.1) is 0 Å². The normalized spacial score (nSPS) is 9.00. The number of hydrogen-bond acceptors (Lipinski definition) is 0. The van der Waals surface area contributed by atoms with Crippen LogP contribution in [-0.4, -0.2) is 0 Å². The van der Waals surface area contributed by atoms with E-state index in [1.807, 2.05) is 0 Å². The van der Waals surface area contributed by atoms with Crippen LogP contribution in [0.15, 0.2) is 0 Å². The van der Waals surface area contributed by atoms with Crippen LogP contribution in [0.3, 0.4) is 0 Å². The molecule has 0 aromatic heterocycles. The van der Waals surface area contributed by atoms with Gasteiger partial charge in [-0.05, 0) is 9.90 Å². The standard InChI is InChI=1S/3ClH.Cu.H3P/h3*1H;;1H3/q;;;+2;/p-2. The van der Waals surface area contributed by atoms with Crippen molar-refractivity contribution in [3.63, 3.8) is 0 Å². The summed E-state index contributed by atoms with van der Waals surface area (Å²) in [6.07, 6.45) is 0. The summed E-state index contributed by atoms with van der Waals surface area (Å²) in [5.74, 6) is 0. The maximum absolute atomic E-state index is 4.83. The molecule has 1 atom stereocenters. The molecule has 0 saturated heterocycles. The molecular formula is H4Cl3CuP. The zero-order chi connectivity index (χ0) is 3.58. The first-order valence-corrected chi connectivity index (χ1v) is 4.23. The average Bonchev–Trinajstić information content (AvgIpc) is 0.811. The summed E-state index contributed by atoms with van der Waals surface area (Å²) in [6, 6.07) is 0. The fourth-order valence-corrected chi connectivity index (χ4v) is 0. The van der Waals surface area contributed by atoms with Crippen LogP contribution in [-0.2, 0) is 11.2 Å². The topological polar surface area (TPSA) is 0 Å². The van der Waals surface area contributed by atoms with Gasteiger partial charge in [-0.15, -0.1) is 0 Å². The minimum Gasteiger partial charge on any atom is -0.0395 e. The van der Waals surface area contributed by atoms with Crippen LogP contribution in [0.4, 0.5) is 0 Å². The predicted octanol–water partition coefficient (Wildman–Crippen LogP) is 1.86. The van der Waals surface area contributed by atoms with Gasteiger partial charge in [-0.3, -0.25) is 0 Å². The summed E-state index contributed by atoms with van der Waals surface area (Å²) in [5, 5.41) is 0. The molecule has 0 saturated carbocycles. The van der Waals surface area contributed by atoms with Crippen LogP contribution < -0.4 is 0 Å². The molecule has 0 fully saturated rings. The molecule has 5 heteroatoms. The van der Waals surface area contributed by atoms with E-state index in [1.54, 1.807) is 0 Å². The smallest absolute Gasteiger partial charge is 0.0395 e. The van der Waals surface area contributed by atoms with Gasteiger partial charge in [0.2, 0.25) is 0 Å². The van der Waals surface area contributed by atoms with Gasteiger partial charge in [-0.2, -0.15) is 0 Å². The third-order valence-corrected chi connectivity index (χ3v) is 0. The molecule has 0 aliphatic heterocycles. The van der Waals surface area contributed by atoms with Crippen LogP contribution in [0.25, 0.3) is 0 Å². The maximum atomic E-state index is 4.83. The summed E-state index contributed by atoms with van der Waals surface area (Å²) >= 11 is -0.896. The molecule has 5 heavy (non-hydrogen) atoms. The first-order chi connectivity index (χ1) is 1.73. The van der Waals surface area contributed by atoms with E-state index in [0.717, 1.165) is 0 Å². The summed E-state index contributed by atoms with van der Waals surface area (Å²) in [6.45, 7) is 0. The van der Waals surface area contributed by atoms with Crippen LogP contribution >= 0.6 is 40.2 Å². The van der Waals surface area contributed by atoms with E-state index in [1.165, 1.54) is 0 Å². The van der Waals surface area contributed by atoms with Crippen molar-refractivity contribution in [3.8, 4) is 0 Å². The van der Waals surface area contributed by atoms with E-state index in [-0.39, 0.29) is 9.90 Å². The molecule has 0 spiro atoms. The molecule has 0 aromatic rings. The summed E-state index contributed by atoms with van der Waals surface area (Å²) in [5.41, 5.74) is 0. The van der Waals surface area contributed by atoms with Crippen molar-refractivity contribution >= 4 is 40.2 Å². The zero-order valence-electron chi connectivity index (χ0n) is 2.44. The second-order valence-corrected chi connectivity index (χ2v) is 4.80. The molecule has 0 rings (SSSR count). The molecule has 0 aliphatic carbocycles. The molecule has 0 aromatic carbocycles. The van der Waals surface area contributed by atoms with Crippen molar-refractivity contribution in [2.75, 3.05) is 0 Å². The van der Waals surface area contributed by atoms with Gasteiger partial charge in [-0.1, -0.05) is 0 Å². The zero-order valence-corrected chi connectivity index (χ0v) is 7.64. The van der Waals surface area contributed by atoms with Crippen molar-refractivity contribution in [2.24, 2.45) is 0 Å². The molecular weight excluding hydrogens is 201 g/mol. The Bertz CT molecular complexity index is 11.6. The van der Waals surface area contributed by atoms with E-state index >= 15 is 0 Å². The largest absolute Gasteiger partial charge is 0.0395 e. The average molecular weight is 205 g/mol. The maximum Gasteiger partial charge on any atom is -0.0395 e. The Morgan fingerprint density at radius 2 is 1.00 bits per heavy atom.